The van der Waals surface area contributed by atoms with Crippen molar-refractivity contribution in [3.05, 3.63) is 29.8 Å². The SMILES string of the molecule is CCOc1ccccc1C1CS(=O)C(C)CCN1. The van der Waals surface area contributed by atoms with E-state index < -0.39 is 10.8 Å². The Kier molecular flexibility index (Phi) is 4.78. The lowest BCUT2D eigenvalue weighted by Gasteiger charge is -2.19. The van der Waals surface area contributed by atoms with Crippen LogP contribution in [0.2, 0.25) is 0 Å². The molecule has 100 valence electrons. The van der Waals surface area contributed by atoms with E-state index in [0.29, 0.717) is 12.4 Å². The molecule has 0 radical (unpaired) electrons. The molecule has 1 aromatic rings. The second kappa shape index (κ2) is 6.34. The van der Waals surface area contributed by atoms with Crippen LogP contribution in [0, 0.1) is 0 Å². The van der Waals surface area contributed by atoms with Gasteiger partial charge in [0.05, 0.1) is 6.61 Å². The maximum Gasteiger partial charge on any atom is 0.124 e. The summed E-state index contributed by atoms with van der Waals surface area (Å²) in [5.74, 6) is 1.58. The van der Waals surface area contributed by atoms with E-state index in [1.54, 1.807) is 0 Å². The van der Waals surface area contributed by atoms with E-state index in [2.05, 4.69) is 18.3 Å². The molecule has 2 rings (SSSR count). The lowest BCUT2D eigenvalue weighted by atomic mass is 10.1. The second-order valence-corrected chi connectivity index (χ2v) is 6.52. The van der Waals surface area contributed by atoms with Crippen molar-refractivity contribution in [2.75, 3.05) is 18.9 Å². The first-order valence-corrected chi connectivity index (χ1v) is 7.93. The largest absolute Gasteiger partial charge is 0.494 e. The van der Waals surface area contributed by atoms with Crippen molar-refractivity contribution in [2.24, 2.45) is 0 Å². The number of hydrogen-bond donors (Lipinski definition) is 1. The highest BCUT2D eigenvalue weighted by atomic mass is 32.2. The number of hydrogen-bond acceptors (Lipinski definition) is 3. The summed E-state index contributed by atoms with van der Waals surface area (Å²) in [6.45, 7) is 5.62. The summed E-state index contributed by atoms with van der Waals surface area (Å²) in [4.78, 5) is 0. The van der Waals surface area contributed by atoms with Gasteiger partial charge < -0.3 is 10.1 Å². The molecule has 0 aliphatic carbocycles. The minimum absolute atomic E-state index is 0.138. The maximum atomic E-state index is 12.1. The van der Waals surface area contributed by atoms with E-state index in [1.165, 1.54) is 0 Å². The van der Waals surface area contributed by atoms with Crippen LogP contribution in [-0.4, -0.2) is 28.4 Å². The van der Waals surface area contributed by atoms with Gasteiger partial charge in [0.2, 0.25) is 0 Å². The van der Waals surface area contributed by atoms with Gasteiger partial charge in [-0.15, -0.1) is 0 Å². The third kappa shape index (κ3) is 3.12. The van der Waals surface area contributed by atoms with Gasteiger partial charge in [-0.25, -0.2) is 0 Å². The fourth-order valence-corrected chi connectivity index (χ4v) is 3.57. The molecule has 0 spiro atoms. The van der Waals surface area contributed by atoms with Crippen molar-refractivity contribution in [3.63, 3.8) is 0 Å². The molecule has 1 N–H and O–H groups in total. The van der Waals surface area contributed by atoms with Gasteiger partial charge in [-0.1, -0.05) is 25.1 Å². The summed E-state index contributed by atoms with van der Waals surface area (Å²) >= 11 is 0. The summed E-state index contributed by atoms with van der Waals surface area (Å²) < 4.78 is 17.8. The Morgan fingerprint density at radius 3 is 3.00 bits per heavy atom. The minimum atomic E-state index is -0.763. The molecule has 1 aliphatic heterocycles. The summed E-state index contributed by atoms with van der Waals surface area (Å²) in [6.07, 6.45) is 0.972. The fourth-order valence-electron chi connectivity index (χ4n) is 2.23. The Morgan fingerprint density at radius 1 is 1.44 bits per heavy atom. The van der Waals surface area contributed by atoms with Crippen molar-refractivity contribution in [3.8, 4) is 5.75 Å². The van der Waals surface area contributed by atoms with Crippen LogP contribution in [0.1, 0.15) is 31.9 Å². The van der Waals surface area contributed by atoms with Crippen LogP contribution in [0.4, 0.5) is 0 Å². The van der Waals surface area contributed by atoms with Gasteiger partial charge in [0.25, 0.3) is 0 Å². The molecule has 3 nitrogen and oxygen atoms in total. The van der Waals surface area contributed by atoms with Gasteiger partial charge in [-0.3, -0.25) is 4.21 Å². The molecule has 3 atom stereocenters. The molecule has 0 aromatic heterocycles. The molecule has 0 bridgehead atoms. The monoisotopic (exact) mass is 267 g/mol. The lowest BCUT2D eigenvalue weighted by Crippen LogP contribution is -2.24. The van der Waals surface area contributed by atoms with Gasteiger partial charge in [0, 0.05) is 33.4 Å². The molecule has 1 aromatic carbocycles. The van der Waals surface area contributed by atoms with Gasteiger partial charge in [0.15, 0.2) is 0 Å². The average Bonchev–Trinajstić information content (AvgIpc) is 2.53. The first-order valence-electron chi connectivity index (χ1n) is 6.54. The predicted octanol–water partition coefficient (Wildman–Crippen LogP) is 2.26. The fraction of sp³-hybridized carbons (Fsp3) is 0.571. The van der Waals surface area contributed by atoms with Crippen LogP contribution >= 0.6 is 0 Å². The number of nitrogens with one attached hydrogen (secondary N) is 1. The molecule has 0 saturated carbocycles. The quantitative estimate of drug-likeness (QED) is 0.913. The molecule has 1 aliphatic rings. The molecular formula is C14H21NO2S. The first kappa shape index (κ1) is 13.6. The Bertz CT molecular complexity index is 422. The van der Waals surface area contributed by atoms with Gasteiger partial charge in [-0.05, 0) is 26.0 Å². The zero-order chi connectivity index (χ0) is 13.0. The third-order valence-corrected chi connectivity index (χ3v) is 5.11. The number of rotatable bonds is 3. The van der Waals surface area contributed by atoms with E-state index in [-0.39, 0.29) is 11.3 Å². The Balaban J connectivity index is 2.22. The predicted molar refractivity (Wildman–Crippen MR) is 75.4 cm³/mol. The van der Waals surface area contributed by atoms with E-state index >= 15 is 0 Å². The van der Waals surface area contributed by atoms with E-state index in [4.69, 9.17) is 4.74 Å². The van der Waals surface area contributed by atoms with E-state index in [0.717, 1.165) is 24.3 Å². The number of para-hydroxylation sites is 1. The number of benzene rings is 1. The Hall–Kier alpha value is -0.870. The summed E-state index contributed by atoms with van der Waals surface area (Å²) in [5.41, 5.74) is 1.13. The zero-order valence-electron chi connectivity index (χ0n) is 11.0. The molecule has 1 heterocycles. The smallest absolute Gasteiger partial charge is 0.124 e. The van der Waals surface area contributed by atoms with Gasteiger partial charge in [-0.2, -0.15) is 0 Å². The average molecular weight is 267 g/mol. The minimum Gasteiger partial charge on any atom is -0.494 e. The Morgan fingerprint density at radius 2 is 2.22 bits per heavy atom. The first-order chi connectivity index (χ1) is 8.72. The van der Waals surface area contributed by atoms with E-state index in [1.807, 2.05) is 25.1 Å². The number of ether oxygens (including phenoxy) is 1. The van der Waals surface area contributed by atoms with Crippen molar-refractivity contribution < 1.29 is 8.95 Å². The summed E-state index contributed by atoms with van der Waals surface area (Å²) in [5, 5.41) is 3.76. The normalized spacial score (nSPS) is 28.7. The van der Waals surface area contributed by atoms with Crippen LogP contribution in [0.5, 0.6) is 5.75 Å². The molecule has 0 amide bonds. The van der Waals surface area contributed by atoms with Crippen LogP contribution < -0.4 is 10.1 Å². The topological polar surface area (TPSA) is 38.3 Å². The zero-order valence-corrected chi connectivity index (χ0v) is 11.8. The van der Waals surface area contributed by atoms with Crippen molar-refractivity contribution in [2.45, 2.75) is 31.6 Å². The van der Waals surface area contributed by atoms with Crippen LogP contribution in [0.3, 0.4) is 0 Å². The highest BCUT2D eigenvalue weighted by Gasteiger charge is 2.24. The highest BCUT2D eigenvalue weighted by Crippen LogP contribution is 2.27. The van der Waals surface area contributed by atoms with Crippen LogP contribution in [0.15, 0.2) is 24.3 Å². The second-order valence-electron chi connectivity index (χ2n) is 4.62. The summed E-state index contributed by atoms with van der Waals surface area (Å²) in [7, 11) is -0.763. The lowest BCUT2D eigenvalue weighted by molar-refractivity contribution is 0.333. The molecule has 1 saturated heterocycles. The van der Waals surface area contributed by atoms with Gasteiger partial charge in [0.1, 0.15) is 5.75 Å². The third-order valence-electron chi connectivity index (χ3n) is 3.32. The molecule has 1 fully saturated rings. The molecule has 3 unspecified atom stereocenters. The van der Waals surface area contributed by atoms with Crippen molar-refractivity contribution in [1.29, 1.82) is 0 Å². The highest BCUT2D eigenvalue weighted by molar-refractivity contribution is 7.85. The van der Waals surface area contributed by atoms with Crippen LogP contribution in [-0.2, 0) is 10.8 Å². The molecular weight excluding hydrogens is 246 g/mol. The summed E-state index contributed by atoms with van der Waals surface area (Å²) in [6, 6.07) is 8.17. The molecule has 4 heteroatoms. The standard InChI is InChI=1S/C14H21NO2S/c1-3-17-14-7-5-4-6-12(14)13-10-18(16)11(2)8-9-15-13/h4-7,11,13,15H,3,8-10H2,1-2H3. The van der Waals surface area contributed by atoms with Crippen molar-refractivity contribution >= 4 is 10.8 Å². The maximum absolute atomic E-state index is 12.1. The van der Waals surface area contributed by atoms with Crippen molar-refractivity contribution in [1.82, 2.24) is 5.32 Å². The van der Waals surface area contributed by atoms with Crippen LogP contribution in [0.25, 0.3) is 0 Å². The Labute approximate surface area is 111 Å². The van der Waals surface area contributed by atoms with Gasteiger partial charge >= 0.3 is 0 Å². The molecule has 18 heavy (non-hydrogen) atoms. The van der Waals surface area contributed by atoms with E-state index in [9.17, 15) is 4.21 Å².